The maximum atomic E-state index is 3.63. The van der Waals surface area contributed by atoms with Crippen LogP contribution in [-0.4, -0.2) is 37.1 Å². The van der Waals surface area contributed by atoms with Crippen molar-refractivity contribution in [1.82, 2.24) is 10.2 Å². The summed E-state index contributed by atoms with van der Waals surface area (Å²) in [6.45, 7) is 7.11. The van der Waals surface area contributed by atoms with Crippen LogP contribution in [0.1, 0.15) is 58.8 Å². The lowest BCUT2D eigenvalue weighted by Crippen LogP contribution is -2.36. The smallest absolute Gasteiger partial charge is 0.00869 e. The zero-order chi connectivity index (χ0) is 11.8. The minimum Gasteiger partial charge on any atom is -0.314 e. The van der Waals surface area contributed by atoms with Crippen LogP contribution in [-0.2, 0) is 0 Å². The van der Waals surface area contributed by atoms with Crippen molar-refractivity contribution in [3.05, 3.63) is 0 Å². The van der Waals surface area contributed by atoms with Crippen LogP contribution in [0.3, 0.4) is 0 Å². The first-order valence-electron chi connectivity index (χ1n) is 7.21. The molecule has 0 aromatic rings. The highest BCUT2D eigenvalue weighted by Gasteiger charge is 2.14. The number of hydrogen-bond acceptors (Lipinski definition) is 2. The van der Waals surface area contributed by atoms with Crippen LogP contribution in [0.5, 0.6) is 0 Å². The molecule has 96 valence electrons. The van der Waals surface area contributed by atoms with E-state index in [0.29, 0.717) is 0 Å². The molecular weight excluding hydrogens is 196 g/mol. The normalized spacial score (nSPS) is 21.9. The predicted molar refractivity (Wildman–Crippen MR) is 71.9 cm³/mol. The molecule has 0 spiro atoms. The van der Waals surface area contributed by atoms with Gasteiger partial charge in [0.15, 0.2) is 0 Å². The Kier molecular flexibility index (Phi) is 7.06. The average molecular weight is 226 g/mol. The summed E-state index contributed by atoms with van der Waals surface area (Å²) in [5, 5.41) is 3.63. The summed E-state index contributed by atoms with van der Waals surface area (Å²) in [6.07, 6.45) is 9.50. The number of rotatable bonds is 7. The van der Waals surface area contributed by atoms with Gasteiger partial charge in [-0.3, -0.25) is 0 Å². The molecule has 1 aliphatic heterocycles. The van der Waals surface area contributed by atoms with E-state index in [1.54, 1.807) is 0 Å². The molecule has 2 nitrogen and oxygen atoms in total. The fourth-order valence-electron chi connectivity index (χ4n) is 2.85. The van der Waals surface area contributed by atoms with Crippen LogP contribution in [0, 0.1) is 0 Å². The Morgan fingerprint density at radius 2 is 2.00 bits per heavy atom. The molecule has 0 aliphatic carbocycles. The first-order chi connectivity index (χ1) is 7.77. The Morgan fingerprint density at radius 3 is 2.56 bits per heavy atom. The molecule has 1 rings (SSSR count). The van der Waals surface area contributed by atoms with Crippen LogP contribution in [0.4, 0.5) is 0 Å². The van der Waals surface area contributed by atoms with Gasteiger partial charge in [-0.1, -0.05) is 20.3 Å². The summed E-state index contributed by atoms with van der Waals surface area (Å²) in [5.41, 5.74) is 0. The van der Waals surface area contributed by atoms with Gasteiger partial charge in [-0.05, 0) is 58.7 Å². The Labute approximate surface area is 102 Å². The lowest BCUT2D eigenvalue weighted by molar-refractivity contribution is 0.220. The zero-order valence-corrected chi connectivity index (χ0v) is 11.5. The second-order valence-electron chi connectivity index (χ2n) is 5.24. The third-order valence-corrected chi connectivity index (χ3v) is 4.04. The third kappa shape index (κ3) is 4.84. The Morgan fingerprint density at radius 1 is 1.25 bits per heavy atom. The van der Waals surface area contributed by atoms with Crippen LogP contribution < -0.4 is 5.32 Å². The van der Waals surface area contributed by atoms with Gasteiger partial charge in [0.05, 0.1) is 0 Å². The van der Waals surface area contributed by atoms with Crippen molar-refractivity contribution in [2.24, 2.45) is 0 Å². The Bertz CT molecular complexity index is 160. The van der Waals surface area contributed by atoms with E-state index in [1.165, 1.54) is 58.0 Å². The molecule has 1 heterocycles. The average Bonchev–Trinajstić information content (AvgIpc) is 2.32. The minimum absolute atomic E-state index is 0.791. The summed E-state index contributed by atoms with van der Waals surface area (Å²) < 4.78 is 0. The first-order valence-corrected chi connectivity index (χ1v) is 7.21. The summed E-state index contributed by atoms with van der Waals surface area (Å²) in [5.74, 6) is 0. The molecule has 0 saturated carbocycles. The van der Waals surface area contributed by atoms with E-state index in [2.05, 4.69) is 31.1 Å². The molecule has 1 saturated heterocycles. The van der Waals surface area contributed by atoms with E-state index < -0.39 is 0 Å². The second kappa shape index (κ2) is 8.08. The van der Waals surface area contributed by atoms with Crippen molar-refractivity contribution in [3.63, 3.8) is 0 Å². The maximum absolute atomic E-state index is 3.63. The maximum Gasteiger partial charge on any atom is 0.00869 e. The molecule has 0 amide bonds. The van der Waals surface area contributed by atoms with Gasteiger partial charge < -0.3 is 10.2 Å². The van der Waals surface area contributed by atoms with Crippen LogP contribution in [0.2, 0.25) is 0 Å². The van der Waals surface area contributed by atoms with Gasteiger partial charge in [-0.25, -0.2) is 0 Å². The van der Waals surface area contributed by atoms with E-state index in [0.717, 1.165) is 12.1 Å². The van der Waals surface area contributed by atoms with Gasteiger partial charge in [0, 0.05) is 12.1 Å². The number of nitrogens with zero attached hydrogens (tertiary/aromatic N) is 1. The van der Waals surface area contributed by atoms with E-state index in [9.17, 15) is 0 Å². The second-order valence-corrected chi connectivity index (χ2v) is 5.24. The number of hydrogen-bond donors (Lipinski definition) is 1. The molecule has 2 heteroatoms. The third-order valence-electron chi connectivity index (χ3n) is 4.04. The monoisotopic (exact) mass is 226 g/mol. The number of piperidine rings is 1. The SMILES string of the molecule is CCC(CC)N(C)CCCC1CCCCN1. The van der Waals surface area contributed by atoms with Gasteiger partial charge >= 0.3 is 0 Å². The highest BCUT2D eigenvalue weighted by molar-refractivity contribution is 4.73. The lowest BCUT2D eigenvalue weighted by Gasteiger charge is -2.28. The van der Waals surface area contributed by atoms with E-state index in [-0.39, 0.29) is 0 Å². The van der Waals surface area contributed by atoms with Gasteiger partial charge in [-0.15, -0.1) is 0 Å². The standard InChI is InChI=1S/C14H30N2/c1-4-14(5-2)16(3)12-8-10-13-9-6-7-11-15-13/h13-15H,4-12H2,1-3H3. The van der Waals surface area contributed by atoms with Crippen molar-refractivity contribution < 1.29 is 0 Å². The quantitative estimate of drug-likeness (QED) is 0.718. The van der Waals surface area contributed by atoms with E-state index in [1.807, 2.05) is 0 Å². The van der Waals surface area contributed by atoms with Crippen LogP contribution in [0.15, 0.2) is 0 Å². The highest BCUT2D eigenvalue weighted by Crippen LogP contribution is 2.13. The number of nitrogens with one attached hydrogen (secondary N) is 1. The van der Waals surface area contributed by atoms with Crippen LogP contribution in [0.25, 0.3) is 0 Å². The molecule has 0 bridgehead atoms. The Hall–Kier alpha value is -0.0800. The van der Waals surface area contributed by atoms with Crippen LogP contribution >= 0.6 is 0 Å². The van der Waals surface area contributed by atoms with Crippen molar-refractivity contribution in [2.45, 2.75) is 70.9 Å². The molecule has 0 aromatic heterocycles. The van der Waals surface area contributed by atoms with Gasteiger partial charge in [0.25, 0.3) is 0 Å². The van der Waals surface area contributed by atoms with Crippen molar-refractivity contribution in [2.75, 3.05) is 20.1 Å². The summed E-state index contributed by atoms with van der Waals surface area (Å²) >= 11 is 0. The first kappa shape index (κ1) is 14.0. The van der Waals surface area contributed by atoms with Gasteiger partial charge in [-0.2, -0.15) is 0 Å². The molecule has 1 atom stereocenters. The fraction of sp³-hybridized carbons (Fsp3) is 1.00. The minimum atomic E-state index is 0.791. The molecule has 0 radical (unpaired) electrons. The van der Waals surface area contributed by atoms with Crippen molar-refractivity contribution in [3.8, 4) is 0 Å². The highest BCUT2D eigenvalue weighted by atomic mass is 15.1. The molecule has 1 fully saturated rings. The van der Waals surface area contributed by atoms with E-state index >= 15 is 0 Å². The van der Waals surface area contributed by atoms with Crippen molar-refractivity contribution in [1.29, 1.82) is 0 Å². The molecule has 1 unspecified atom stereocenters. The fourth-order valence-corrected chi connectivity index (χ4v) is 2.85. The topological polar surface area (TPSA) is 15.3 Å². The predicted octanol–water partition coefficient (Wildman–Crippen LogP) is 3.03. The molecule has 16 heavy (non-hydrogen) atoms. The van der Waals surface area contributed by atoms with Gasteiger partial charge in [0.2, 0.25) is 0 Å². The molecule has 0 aromatic carbocycles. The van der Waals surface area contributed by atoms with Gasteiger partial charge in [0.1, 0.15) is 0 Å². The summed E-state index contributed by atoms with van der Waals surface area (Å²) in [6, 6.07) is 1.60. The largest absolute Gasteiger partial charge is 0.314 e. The molecular formula is C14H30N2. The molecule has 1 N–H and O–H groups in total. The summed E-state index contributed by atoms with van der Waals surface area (Å²) in [4.78, 5) is 2.54. The lowest BCUT2D eigenvalue weighted by atomic mass is 10.0. The molecule has 1 aliphatic rings. The Balaban J connectivity index is 2.09. The van der Waals surface area contributed by atoms with Crippen molar-refractivity contribution >= 4 is 0 Å². The summed E-state index contributed by atoms with van der Waals surface area (Å²) in [7, 11) is 2.28. The zero-order valence-electron chi connectivity index (χ0n) is 11.5. The van der Waals surface area contributed by atoms with E-state index in [4.69, 9.17) is 0 Å².